The van der Waals surface area contributed by atoms with Crippen LogP contribution in [-0.4, -0.2) is 17.4 Å². The van der Waals surface area contributed by atoms with Gasteiger partial charge in [-0.1, -0.05) is 18.2 Å². The molecule has 3 nitrogen and oxygen atoms in total. The van der Waals surface area contributed by atoms with Gasteiger partial charge in [0.25, 0.3) is 0 Å². The Morgan fingerprint density at radius 1 is 1.14 bits per heavy atom. The van der Waals surface area contributed by atoms with Gasteiger partial charge in [-0.3, -0.25) is 0 Å². The third kappa shape index (κ3) is 1.02. The van der Waals surface area contributed by atoms with Crippen LogP contribution in [0.2, 0.25) is 0 Å². The first kappa shape index (κ1) is 7.62. The molecule has 1 aromatic heterocycles. The predicted octanol–water partition coefficient (Wildman–Crippen LogP) is 1.97. The van der Waals surface area contributed by atoms with E-state index in [1.54, 1.807) is 0 Å². The zero-order valence-corrected chi connectivity index (χ0v) is 7.80. The number of rotatable bonds is 1. The molecule has 0 bridgehead atoms. The van der Waals surface area contributed by atoms with Crippen LogP contribution in [0.15, 0.2) is 41.6 Å². The van der Waals surface area contributed by atoms with Crippen LogP contribution in [0, 0.1) is 0 Å². The van der Waals surface area contributed by atoms with Crippen LogP contribution in [0.3, 0.4) is 0 Å². The average Bonchev–Trinajstić information content (AvgIpc) is 2.85. The molecule has 3 heteroatoms. The van der Waals surface area contributed by atoms with Crippen LogP contribution >= 0.6 is 0 Å². The van der Waals surface area contributed by atoms with Crippen molar-refractivity contribution >= 4 is 17.1 Å². The van der Waals surface area contributed by atoms with E-state index in [2.05, 4.69) is 46.3 Å². The number of para-hydroxylation sites is 1. The number of fused-ring (bicyclic) bond motifs is 1. The van der Waals surface area contributed by atoms with Gasteiger partial charge >= 0.3 is 0 Å². The fraction of sp³-hybridized carbons (Fsp3) is 0.182. The van der Waals surface area contributed by atoms with E-state index in [4.69, 9.17) is 0 Å². The maximum absolute atomic E-state index is 4.30. The molecule has 0 aliphatic carbocycles. The second-order valence-corrected chi connectivity index (χ2v) is 3.40. The number of aromatic nitrogens is 1. The van der Waals surface area contributed by atoms with Gasteiger partial charge in [-0.2, -0.15) is 5.10 Å². The summed E-state index contributed by atoms with van der Waals surface area (Å²) in [5.74, 6) is 0. The Bertz CT molecular complexity index is 484. The van der Waals surface area contributed by atoms with Gasteiger partial charge in [0.05, 0.1) is 12.1 Å². The van der Waals surface area contributed by atoms with Crippen LogP contribution < -0.4 is 5.12 Å². The molecule has 2 aromatic rings. The summed E-state index contributed by atoms with van der Waals surface area (Å²) in [5.41, 5.74) is 1.21. The molecule has 0 atom stereocenters. The number of benzene rings is 1. The molecule has 0 N–H and O–H groups in total. The number of nitrogens with zero attached hydrogens (tertiary/aromatic N) is 3. The molecule has 0 unspecified atom stereocenters. The van der Waals surface area contributed by atoms with E-state index in [0.717, 1.165) is 13.0 Å². The van der Waals surface area contributed by atoms with E-state index in [0.29, 0.717) is 0 Å². The van der Waals surface area contributed by atoms with Crippen molar-refractivity contribution in [2.75, 3.05) is 11.7 Å². The Morgan fingerprint density at radius 2 is 2.07 bits per heavy atom. The summed E-state index contributed by atoms with van der Waals surface area (Å²) in [5, 5.41) is 7.55. The number of hydrogen-bond donors (Lipinski definition) is 0. The van der Waals surface area contributed by atoms with Gasteiger partial charge in [0.15, 0.2) is 0 Å². The highest BCUT2D eigenvalue weighted by atomic mass is 15.7. The topological polar surface area (TPSA) is 20.5 Å². The van der Waals surface area contributed by atoms with E-state index in [-0.39, 0.29) is 0 Å². The van der Waals surface area contributed by atoms with E-state index in [1.807, 2.05) is 11.3 Å². The van der Waals surface area contributed by atoms with Crippen molar-refractivity contribution in [3.05, 3.63) is 36.5 Å². The number of hydrazone groups is 1. The molecule has 0 saturated heterocycles. The van der Waals surface area contributed by atoms with Gasteiger partial charge < -0.3 is 0 Å². The second-order valence-electron chi connectivity index (χ2n) is 3.40. The Labute approximate surface area is 82.2 Å². The Morgan fingerprint density at radius 3 is 2.93 bits per heavy atom. The highest BCUT2D eigenvalue weighted by Gasteiger charge is 2.09. The Kier molecular flexibility index (Phi) is 1.56. The summed E-state index contributed by atoms with van der Waals surface area (Å²) in [7, 11) is 0. The Hall–Kier alpha value is -1.77. The molecule has 0 saturated carbocycles. The first-order chi connectivity index (χ1) is 6.95. The second kappa shape index (κ2) is 2.87. The van der Waals surface area contributed by atoms with Crippen LogP contribution in [0.5, 0.6) is 0 Å². The van der Waals surface area contributed by atoms with E-state index < -0.39 is 0 Å². The summed E-state index contributed by atoms with van der Waals surface area (Å²) in [6.45, 7) is 0.971. The van der Waals surface area contributed by atoms with Crippen molar-refractivity contribution in [3.8, 4) is 0 Å². The molecule has 1 aliphatic rings. The third-order valence-electron chi connectivity index (χ3n) is 2.50. The molecule has 1 aliphatic heterocycles. The predicted molar refractivity (Wildman–Crippen MR) is 58.1 cm³/mol. The minimum Gasteiger partial charge on any atom is -0.245 e. The van der Waals surface area contributed by atoms with Crippen molar-refractivity contribution in [3.63, 3.8) is 0 Å². The first-order valence-electron chi connectivity index (χ1n) is 4.81. The molecular formula is C11H11N3. The third-order valence-corrected chi connectivity index (χ3v) is 2.50. The smallest absolute Gasteiger partial charge is 0.0714 e. The molecule has 1 aromatic carbocycles. The fourth-order valence-corrected chi connectivity index (χ4v) is 1.82. The lowest BCUT2D eigenvalue weighted by atomic mass is 10.3. The Balaban J connectivity index is 2.16. The van der Waals surface area contributed by atoms with Crippen LogP contribution in [-0.2, 0) is 0 Å². The van der Waals surface area contributed by atoms with Gasteiger partial charge in [0, 0.05) is 24.2 Å². The lowest BCUT2D eigenvalue weighted by Crippen LogP contribution is -2.25. The zero-order valence-electron chi connectivity index (χ0n) is 7.80. The monoisotopic (exact) mass is 185 g/mol. The first-order valence-corrected chi connectivity index (χ1v) is 4.81. The van der Waals surface area contributed by atoms with Crippen molar-refractivity contribution in [2.45, 2.75) is 6.42 Å². The largest absolute Gasteiger partial charge is 0.245 e. The van der Waals surface area contributed by atoms with E-state index >= 15 is 0 Å². The number of hydrogen-bond acceptors (Lipinski definition) is 2. The lowest BCUT2D eigenvalue weighted by Gasteiger charge is -2.16. The minimum absolute atomic E-state index is 0.971. The molecule has 70 valence electrons. The zero-order chi connectivity index (χ0) is 9.38. The highest BCUT2D eigenvalue weighted by Crippen LogP contribution is 2.16. The molecule has 0 fully saturated rings. The standard InChI is InChI=1S/C11H11N3/c1-2-5-11-10(4-1)6-9-13(11)14-8-3-7-12-14/h1-2,4-7,9H,3,8H2. The van der Waals surface area contributed by atoms with Crippen LogP contribution in [0.4, 0.5) is 0 Å². The molecular weight excluding hydrogens is 174 g/mol. The van der Waals surface area contributed by atoms with Gasteiger partial charge in [-0.25, -0.2) is 9.79 Å². The van der Waals surface area contributed by atoms with Crippen molar-refractivity contribution in [2.24, 2.45) is 5.10 Å². The summed E-state index contributed by atoms with van der Waals surface area (Å²) in [6, 6.07) is 10.5. The SMILES string of the molecule is C1=NN(n2ccc3ccccc32)CC1. The molecule has 14 heavy (non-hydrogen) atoms. The van der Waals surface area contributed by atoms with E-state index in [1.165, 1.54) is 10.9 Å². The summed E-state index contributed by atoms with van der Waals surface area (Å²) in [6.07, 6.45) is 5.05. The maximum Gasteiger partial charge on any atom is 0.0714 e. The van der Waals surface area contributed by atoms with Gasteiger partial charge in [-0.05, 0) is 12.1 Å². The van der Waals surface area contributed by atoms with Crippen molar-refractivity contribution < 1.29 is 0 Å². The van der Waals surface area contributed by atoms with Crippen LogP contribution in [0.25, 0.3) is 10.9 Å². The summed E-state index contributed by atoms with van der Waals surface area (Å²) < 4.78 is 2.10. The quantitative estimate of drug-likeness (QED) is 0.665. The molecule has 0 amide bonds. The molecule has 0 radical (unpaired) electrons. The molecule has 0 spiro atoms. The van der Waals surface area contributed by atoms with Crippen molar-refractivity contribution in [1.82, 2.24) is 4.68 Å². The van der Waals surface area contributed by atoms with Crippen LogP contribution in [0.1, 0.15) is 6.42 Å². The van der Waals surface area contributed by atoms with Crippen molar-refractivity contribution in [1.29, 1.82) is 0 Å². The molecule has 2 heterocycles. The van der Waals surface area contributed by atoms with Gasteiger partial charge in [-0.15, -0.1) is 0 Å². The van der Waals surface area contributed by atoms with Gasteiger partial charge in [0.1, 0.15) is 0 Å². The maximum atomic E-state index is 4.30. The minimum atomic E-state index is 0.971. The average molecular weight is 185 g/mol. The lowest BCUT2D eigenvalue weighted by molar-refractivity contribution is 0.665. The normalized spacial score (nSPS) is 15.6. The van der Waals surface area contributed by atoms with Gasteiger partial charge in [0.2, 0.25) is 0 Å². The summed E-state index contributed by atoms with van der Waals surface area (Å²) in [4.78, 5) is 0. The molecule has 3 rings (SSSR count). The van der Waals surface area contributed by atoms with E-state index in [9.17, 15) is 0 Å². The fourth-order valence-electron chi connectivity index (χ4n) is 1.82. The highest BCUT2D eigenvalue weighted by molar-refractivity contribution is 5.80. The summed E-state index contributed by atoms with van der Waals surface area (Å²) >= 11 is 0.